The zero-order valence-corrected chi connectivity index (χ0v) is 8.70. The van der Waals surface area contributed by atoms with Crippen molar-refractivity contribution < 1.29 is 0 Å². The van der Waals surface area contributed by atoms with Gasteiger partial charge in [-0.05, 0) is 12.5 Å². The van der Waals surface area contributed by atoms with E-state index in [1.165, 1.54) is 6.33 Å². The number of fused-ring (bicyclic) bond motifs is 1. The second kappa shape index (κ2) is 4.27. The van der Waals surface area contributed by atoms with Crippen LogP contribution in [0.1, 0.15) is 12.1 Å². The van der Waals surface area contributed by atoms with E-state index in [9.17, 15) is 0 Å². The number of halogens is 1. The van der Waals surface area contributed by atoms with Gasteiger partial charge in [0, 0.05) is 5.88 Å². The minimum Gasteiger partial charge on any atom is -0.383 e. The van der Waals surface area contributed by atoms with Gasteiger partial charge in [-0.15, -0.1) is 11.6 Å². The maximum atomic E-state index is 5.73. The van der Waals surface area contributed by atoms with E-state index in [1.54, 1.807) is 0 Å². The number of nitrogens with one attached hydrogen (secondary N) is 1. The number of aromatic amines is 1. The maximum absolute atomic E-state index is 5.73. The normalized spacial score (nSPS) is 11.5. The van der Waals surface area contributed by atoms with Crippen LogP contribution in [0.4, 0.5) is 5.82 Å². The largest absolute Gasteiger partial charge is 0.383 e. The first-order chi connectivity index (χ1) is 7.33. The van der Waals surface area contributed by atoms with Crippen LogP contribution in [0, 0.1) is 0 Å². The van der Waals surface area contributed by atoms with E-state index in [0.717, 1.165) is 17.5 Å². The second-order valence-corrected chi connectivity index (χ2v) is 3.35. The molecule has 78 valence electrons. The summed E-state index contributed by atoms with van der Waals surface area (Å²) in [6, 6.07) is 0. The fourth-order valence-corrected chi connectivity index (χ4v) is 1.41. The van der Waals surface area contributed by atoms with Crippen LogP contribution in [0.2, 0.25) is 0 Å². The Hall–Kier alpha value is -1.62. The highest BCUT2D eigenvalue weighted by Crippen LogP contribution is 2.19. The van der Waals surface area contributed by atoms with E-state index in [1.807, 2.05) is 12.2 Å². The fourth-order valence-electron chi connectivity index (χ4n) is 1.29. The van der Waals surface area contributed by atoms with Gasteiger partial charge in [0.15, 0.2) is 5.65 Å². The summed E-state index contributed by atoms with van der Waals surface area (Å²) >= 11 is 5.56. The monoisotopic (exact) mass is 223 g/mol. The molecule has 3 N–H and O–H groups in total. The van der Waals surface area contributed by atoms with E-state index in [-0.39, 0.29) is 0 Å². The van der Waals surface area contributed by atoms with Gasteiger partial charge < -0.3 is 5.73 Å². The van der Waals surface area contributed by atoms with Crippen molar-refractivity contribution in [1.82, 2.24) is 20.2 Å². The molecule has 6 heteroatoms. The van der Waals surface area contributed by atoms with Crippen molar-refractivity contribution in [3.63, 3.8) is 0 Å². The summed E-state index contributed by atoms with van der Waals surface area (Å²) in [5.74, 6) is 1.02. The summed E-state index contributed by atoms with van der Waals surface area (Å²) in [4.78, 5) is 7.91. The van der Waals surface area contributed by atoms with Gasteiger partial charge >= 0.3 is 0 Å². The third-order valence-electron chi connectivity index (χ3n) is 1.97. The lowest BCUT2D eigenvalue weighted by molar-refractivity contribution is 1.08. The third kappa shape index (κ3) is 1.92. The topological polar surface area (TPSA) is 80.5 Å². The number of alkyl halides is 1. The van der Waals surface area contributed by atoms with Crippen molar-refractivity contribution in [2.24, 2.45) is 0 Å². The smallest absolute Gasteiger partial charge is 0.186 e. The highest BCUT2D eigenvalue weighted by Gasteiger charge is 2.07. The molecule has 0 aromatic carbocycles. The molecule has 5 nitrogen and oxygen atoms in total. The average molecular weight is 224 g/mol. The van der Waals surface area contributed by atoms with Crippen LogP contribution < -0.4 is 5.73 Å². The number of allylic oxidation sites excluding steroid dienone is 1. The molecule has 0 atom stereocenters. The van der Waals surface area contributed by atoms with Crippen molar-refractivity contribution in [3.05, 3.63) is 18.1 Å². The molecule has 0 aliphatic carbocycles. The van der Waals surface area contributed by atoms with Crippen LogP contribution in [0.15, 0.2) is 12.4 Å². The van der Waals surface area contributed by atoms with Gasteiger partial charge in [0.1, 0.15) is 12.1 Å². The van der Waals surface area contributed by atoms with E-state index in [4.69, 9.17) is 17.3 Å². The van der Waals surface area contributed by atoms with Gasteiger partial charge in [0.25, 0.3) is 0 Å². The summed E-state index contributed by atoms with van der Waals surface area (Å²) < 4.78 is 0. The first-order valence-corrected chi connectivity index (χ1v) is 5.03. The van der Waals surface area contributed by atoms with Crippen molar-refractivity contribution in [1.29, 1.82) is 0 Å². The SMILES string of the molecule is Nc1ncnc2n[nH]c(C=CCCCl)c12. The second-order valence-electron chi connectivity index (χ2n) is 2.97. The van der Waals surface area contributed by atoms with Gasteiger partial charge in [0.05, 0.1) is 11.1 Å². The molecular weight excluding hydrogens is 214 g/mol. The number of rotatable bonds is 3. The predicted molar refractivity (Wildman–Crippen MR) is 60.5 cm³/mol. The van der Waals surface area contributed by atoms with E-state index < -0.39 is 0 Å². The minimum absolute atomic E-state index is 0.430. The van der Waals surface area contributed by atoms with Crippen LogP contribution in [-0.4, -0.2) is 26.0 Å². The fraction of sp³-hybridized carbons (Fsp3) is 0.222. The molecule has 0 amide bonds. The number of H-pyrrole nitrogens is 1. The number of nitrogen functional groups attached to an aromatic ring is 1. The molecule has 0 aliphatic heterocycles. The zero-order chi connectivity index (χ0) is 10.7. The average Bonchev–Trinajstić information content (AvgIpc) is 2.63. The number of hydrogen-bond acceptors (Lipinski definition) is 4. The molecule has 0 unspecified atom stereocenters. The predicted octanol–water partition coefficient (Wildman–Crippen LogP) is 1.58. The van der Waals surface area contributed by atoms with E-state index in [0.29, 0.717) is 17.3 Å². The Kier molecular flexibility index (Phi) is 2.82. The van der Waals surface area contributed by atoms with Crippen molar-refractivity contribution in [2.45, 2.75) is 6.42 Å². The molecule has 15 heavy (non-hydrogen) atoms. The van der Waals surface area contributed by atoms with E-state index in [2.05, 4.69) is 20.2 Å². The van der Waals surface area contributed by atoms with Crippen molar-refractivity contribution >= 4 is 34.5 Å². The number of aromatic nitrogens is 4. The maximum Gasteiger partial charge on any atom is 0.186 e. The Labute approximate surface area is 91.4 Å². The quantitative estimate of drug-likeness (QED) is 0.775. The Balaban J connectivity index is 2.44. The molecule has 0 radical (unpaired) electrons. The molecule has 2 heterocycles. The summed E-state index contributed by atoms with van der Waals surface area (Å²) in [6.07, 6.45) is 6.03. The van der Waals surface area contributed by atoms with Crippen molar-refractivity contribution in [2.75, 3.05) is 11.6 Å². The Morgan fingerprint density at radius 3 is 3.13 bits per heavy atom. The summed E-state index contributed by atoms with van der Waals surface area (Å²) in [6.45, 7) is 0. The highest BCUT2D eigenvalue weighted by atomic mass is 35.5. The summed E-state index contributed by atoms with van der Waals surface area (Å²) in [5.41, 5.74) is 7.12. The number of nitrogens with two attached hydrogens (primary N) is 1. The number of hydrogen-bond donors (Lipinski definition) is 2. The molecule has 0 aliphatic rings. The van der Waals surface area contributed by atoms with E-state index >= 15 is 0 Å². The third-order valence-corrected chi connectivity index (χ3v) is 2.19. The first-order valence-electron chi connectivity index (χ1n) is 4.50. The summed E-state index contributed by atoms with van der Waals surface area (Å²) in [7, 11) is 0. The standard InChI is InChI=1S/C9H10ClN5/c10-4-2-1-3-6-7-8(11)12-5-13-9(7)15-14-6/h1,3,5H,2,4H2,(H3,11,12,13,14,15). The Morgan fingerprint density at radius 1 is 1.47 bits per heavy atom. The van der Waals surface area contributed by atoms with Crippen LogP contribution in [0.25, 0.3) is 17.1 Å². The lowest BCUT2D eigenvalue weighted by Gasteiger charge is -1.93. The van der Waals surface area contributed by atoms with Crippen LogP contribution in [0.5, 0.6) is 0 Å². The molecule has 2 rings (SSSR count). The molecule has 0 saturated carbocycles. The number of anilines is 1. The van der Waals surface area contributed by atoms with Gasteiger partial charge in [-0.25, -0.2) is 9.97 Å². The molecule has 0 fully saturated rings. The lowest BCUT2D eigenvalue weighted by atomic mass is 10.2. The zero-order valence-electron chi connectivity index (χ0n) is 7.94. The molecule has 2 aromatic rings. The van der Waals surface area contributed by atoms with Crippen LogP contribution in [0.3, 0.4) is 0 Å². The molecule has 0 saturated heterocycles. The van der Waals surface area contributed by atoms with Crippen LogP contribution >= 0.6 is 11.6 Å². The first kappa shape index (κ1) is 9.92. The van der Waals surface area contributed by atoms with Gasteiger partial charge in [-0.2, -0.15) is 5.10 Å². The van der Waals surface area contributed by atoms with Gasteiger partial charge in [-0.1, -0.05) is 6.08 Å². The minimum atomic E-state index is 0.430. The number of nitrogens with zero attached hydrogens (tertiary/aromatic N) is 3. The van der Waals surface area contributed by atoms with Gasteiger partial charge in [-0.3, -0.25) is 5.10 Å². The lowest BCUT2D eigenvalue weighted by Crippen LogP contribution is -1.92. The molecule has 0 bridgehead atoms. The van der Waals surface area contributed by atoms with Crippen LogP contribution in [-0.2, 0) is 0 Å². The molecule has 0 spiro atoms. The van der Waals surface area contributed by atoms with Crippen molar-refractivity contribution in [3.8, 4) is 0 Å². The summed E-state index contributed by atoms with van der Waals surface area (Å²) in [5, 5.41) is 7.62. The molecule has 2 aromatic heterocycles. The molecular formula is C9H10ClN5. The Bertz CT molecular complexity index is 490. The highest BCUT2D eigenvalue weighted by molar-refractivity contribution is 6.17. The Morgan fingerprint density at radius 2 is 2.33 bits per heavy atom. The van der Waals surface area contributed by atoms with Gasteiger partial charge in [0.2, 0.25) is 0 Å².